The van der Waals surface area contributed by atoms with E-state index in [1.54, 1.807) is 31.4 Å². The molecule has 6 nitrogen and oxygen atoms in total. The number of nitrogens with zero attached hydrogens (tertiary/aromatic N) is 2. The molecule has 1 aromatic rings. The first kappa shape index (κ1) is 18.1. The molecule has 0 radical (unpaired) electrons. The van der Waals surface area contributed by atoms with E-state index >= 15 is 0 Å². The minimum Gasteiger partial charge on any atom is -0.444 e. The molecule has 0 saturated heterocycles. The molecule has 1 N–H and O–H groups in total. The Morgan fingerprint density at radius 1 is 1.14 bits per heavy atom. The van der Waals surface area contributed by atoms with Crippen LogP contribution in [0.4, 0.5) is 4.79 Å². The molecule has 22 heavy (non-hydrogen) atoms. The lowest BCUT2D eigenvalue weighted by molar-refractivity contribution is 0.0294. The smallest absolute Gasteiger partial charge is 0.410 e. The number of aromatic amines is 1. The third-order valence-corrected chi connectivity index (χ3v) is 3.22. The number of rotatable bonds is 5. The molecule has 0 aromatic carbocycles. The van der Waals surface area contributed by atoms with Gasteiger partial charge in [-0.05, 0) is 39.7 Å². The molecule has 2 amide bonds. The number of amides is 2. The van der Waals surface area contributed by atoms with Crippen molar-refractivity contribution in [3.8, 4) is 0 Å². The van der Waals surface area contributed by atoms with Gasteiger partial charge in [-0.15, -0.1) is 0 Å². The largest absolute Gasteiger partial charge is 0.444 e. The normalized spacial score (nSPS) is 11.2. The van der Waals surface area contributed by atoms with Crippen LogP contribution in [0.2, 0.25) is 0 Å². The number of carbonyl (C=O) groups excluding carboxylic acids is 2. The number of hydrogen-bond donors (Lipinski definition) is 1. The molecular formula is C16H27N3O3. The van der Waals surface area contributed by atoms with Crippen molar-refractivity contribution in [3.05, 3.63) is 23.5 Å². The van der Waals surface area contributed by atoms with Crippen molar-refractivity contribution in [2.45, 2.75) is 39.7 Å². The van der Waals surface area contributed by atoms with Crippen LogP contribution >= 0.6 is 0 Å². The van der Waals surface area contributed by atoms with Gasteiger partial charge < -0.3 is 19.5 Å². The molecule has 0 aliphatic heterocycles. The molecule has 0 atom stereocenters. The molecule has 6 heteroatoms. The van der Waals surface area contributed by atoms with E-state index in [1.807, 2.05) is 27.7 Å². The van der Waals surface area contributed by atoms with Gasteiger partial charge in [0.1, 0.15) is 5.60 Å². The van der Waals surface area contributed by atoms with Crippen molar-refractivity contribution in [1.29, 1.82) is 0 Å². The van der Waals surface area contributed by atoms with Crippen molar-refractivity contribution in [3.63, 3.8) is 0 Å². The third-order valence-electron chi connectivity index (χ3n) is 3.22. The summed E-state index contributed by atoms with van der Waals surface area (Å²) in [7, 11) is 3.47. The number of aryl methyl sites for hydroxylation is 1. The van der Waals surface area contributed by atoms with E-state index in [2.05, 4.69) is 4.98 Å². The van der Waals surface area contributed by atoms with Crippen LogP contribution in [0.1, 0.15) is 43.1 Å². The average molecular weight is 309 g/mol. The first-order valence-electron chi connectivity index (χ1n) is 7.45. The summed E-state index contributed by atoms with van der Waals surface area (Å²) in [6.07, 6.45) is 3.86. The Labute approximate surface area is 132 Å². The van der Waals surface area contributed by atoms with E-state index in [4.69, 9.17) is 4.74 Å². The number of hydrogen-bond acceptors (Lipinski definition) is 3. The van der Waals surface area contributed by atoms with Gasteiger partial charge in [-0.25, -0.2) is 4.79 Å². The lowest BCUT2D eigenvalue weighted by Gasteiger charge is -2.25. The highest BCUT2D eigenvalue weighted by molar-refractivity contribution is 5.95. The number of carbonyl (C=O) groups is 2. The Morgan fingerprint density at radius 3 is 2.23 bits per heavy atom. The monoisotopic (exact) mass is 309 g/mol. The van der Waals surface area contributed by atoms with E-state index in [0.717, 1.165) is 5.56 Å². The molecule has 0 spiro atoms. The van der Waals surface area contributed by atoms with Crippen molar-refractivity contribution in [2.75, 3.05) is 27.2 Å². The summed E-state index contributed by atoms with van der Waals surface area (Å²) < 4.78 is 5.28. The van der Waals surface area contributed by atoms with E-state index < -0.39 is 5.60 Å². The summed E-state index contributed by atoms with van der Waals surface area (Å²) in [4.78, 5) is 30.2. The number of nitrogens with one attached hydrogen (secondary N) is 1. The average Bonchev–Trinajstić information content (AvgIpc) is 2.81. The van der Waals surface area contributed by atoms with Crippen molar-refractivity contribution in [1.82, 2.24) is 14.8 Å². The van der Waals surface area contributed by atoms with Gasteiger partial charge in [0, 0.05) is 39.6 Å². The second-order valence-corrected chi connectivity index (χ2v) is 6.53. The molecule has 0 aliphatic carbocycles. The molecule has 0 aliphatic rings. The molecule has 0 fully saturated rings. The summed E-state index contributed by atoms with van der Waals surface area (Å²) in [5, 5.41) is 0. The zero-order valence-corrected chi connectivity index (χ0v) is 14.4. The van der Waals surface area contributed by atoms with Crippen LogP contribution in [0, 0.1) is 6.92 Å². The van der Waals surface area contributed by atoms with Crippen LogP contribution in [0.3, 0.4) is 0 Å². The lowest BCUT2D eigenvalue weighted by Crippen LogP contribution is -2.36. The Morgan fingerprint density at radius 2 is 1.73 bits per heavy atom. The van der Waals surface area contributed by atoms with Gasteiger partial charge in [0.15, 0.2) is 0 Å². The Balaban J connectivity index is 2.39. The predicted octanol–water partition coefficient (Wildman–Crippen LogP) is 2.65. The minimum absolute atomic E-state index is 0.0151. The van der Waals surface area contributed by atoms with Crippen LogP contribution in [0.5, 0.6) is 0 Å². The molecule has 1 heterocycles. The van der Waals surface area contributed by atoms with Gasteiger partial charge in [0.05, 0.1) is 5.56 Å². The maximum Gasteiger partial charge on any atom is 0.410 e. The van der Waals surface area contributed by atoms with Gasteiger partial charge >= 0.3 is 6.09 Å². The van der Waals surface area contributed by atoms with Gasteiger partial charge in [0.2, 0.25) is 0 Å². The maximum atomic E-state index is 12.2. The fourth-order valence-corrected chi connectivity index (χ4v) is 1.96. The van der Waals surface area contributed by atoms with Crippen molar-refractivity contribution < 1.29 is 14.3 Å². The number of aromatic nitrogens is 1. The summed E-state index contributed by atoms with van der Waals surface area (Å²) in [6.45, 7) is 8.53. The summed E-state index contributed by atoms with van der Waals surface area (Å²) in [6, 6.07) is 0. The van der Waals surface area contributed by atoms with Gasteiger partial charge in [-0.2, -0.15) is 0 Å². The highest BCUT2D eigenvalue weighted by atomic mass is 16.6. The highest BCUT2D eigenvalue weighted by Crippen LogP contribution is 2.11. The highest BCUT2D eigenvalue weighted by Gasteiger charge is 2.20. The Bertz CT molecular complexity index is 517. The molecule has 0 bridgehead atoms. The van der Waals surface area contributed by atoms with Crippen LogP contribution in [-0.4, -0.2) is 59.6 Å². The van der Waals surface area contributed by atoms with Crippen LogP contribution < -0.4 is 0 Å². The van der Waals surface area contributed by atoms with Crippen LogP contribution in [-0.2, 0) is 4.74 Å². The van der Waals surface area contributed by atoms with E-state index in [1.165, 1.54) is 4.90 Å². The summed E-state index contributed by atoms with van der Waals surface area (Å²) in [5.41, 5.74) is 1.12. The molecule has 124 valence electrons. The maximum absolute atomic E-state index is 12.2. The van der Waals surface area contributed by atoms with Gasteiger partial charge in [0.25, 0.3) is 5.91 Å². The zero-order chi connectivity index (χ0) is 16.9. The third kappa shape index (κ3) is 5.42. The number of H-pyrrole nitrogens is 1. The molecule has 1 rings (SSSR count). The van der Waals surface area contributed by atoms with Crippen LogP contribution in [0.25, 0.3) is 0 Å². The second-order valence-electron chi connectivity index (χ2n) is 6.53. The lowest BCUT2D eigenvalue weighted by atomic mass is 10.2. The van der Waals surface area contributed by atoms with Gasteiger partial charge in [-0.1, -0.05) is 0 Å². The first-order valence-corrected chi connectivity index (χ1v) is 7.45. The molecule has 1 aromatic heterocycles. The molecule has 0 saturated carbocycles. The van der Waals surface area contributed by atoms with Crippen molar-refractivity contribution >= 4 is 12.0 Å². The Kier molecular flexibility index (Phi) is 6.02. The van der Waals surface area contributed by atoms with Gasteiger partial charge in [-0.3, -0.25) is 4.79 Å². The van der Waals surface area contributed by atoms with E-state index in [9.17, 15) is 9.59 Å². The fraction of sp³-hybridized carbons (Fsp3) is 0.625. The molecular weight excluding hydrogens is 282 g/mol. The second kappa shape index (κ2) is 7.33. The first-order chi connectivity index (χ1) is 10.1. The minimum atomic E-state index is -0.496. The standard InChI is InChI=1S/C16H27N3O3/c1-12-10-17-11-13(12)14(20)18(5)8-7-9-19(6)15(21)22-16(2,3)4/h10-11,17H,7-9H2,1-6H3. The predicted molar refractivity (Wildman–Crippen MR) is 86.0 cm³/mol. The van der Waals surface area contributed by atoms with E-state index in [0.29, 0.717) is 25.1 Å². The molecule has 0 unspecified atom stereocenters. The summed E-state index contributed by atoms with van der Waals surface area (Å²) in [5.74, 6) is -0.0151. The quantitative estimate of drug-likeness (QED) is 0.909. The SMILES string of the molecule is Cc1c[nH]cc1C(=O)N(C)CCCN(C)C(=O)OC(C)(C)C. The topological polar surface area (TPSA) is 65.6 Å². The van der Waals surface area contributed by atoms with E-state index in [-0.39, 0.29) is 12.0 Å². The zero-order valence-electron chi connectivity index (χ0n) is 14.4. The van der Waals surface area contributed by atoms with Crippen molar-refractivity contribution in [2.24, 2.45) is 0 Å². The number of ether oxygens (including phenoxy) is 1. The summed E-state index contributed by atoms with van der Waals surface area (Å²) >= 11 is 0. The van der Waals surface area contributed by atoms with Crippen LogP contribution in [0.15, 0.2) is 12.4 Å². The Hall–Kier alpha value is -1.98. The fourth-order valence-electron chi connectivity index (χ4n) is 1.96.